The van der Waals surface area contributed by atoms with E-state index in [1.807, 2.05) is 6.08 Å². The first kappa shape index (κ1) is 20.0. The molecule has 0 bridgehead atoms. The predicted octanol–water partition coefficient (Wildman–Crippen LogP) is 6.20. The number of allylic oxidation sites excluding steroid dienone is 1. The number of rotatable bonds is 4. The number of hydrogen-bond donors (Lipinski definition) is 0. The molecule has 1 atom stereocenters. The quantitative estimate of drug-likeness (QED) is 0.344. The van der Waals surface area contributed by atoms with Crippen molar-refractivity contribution in [3.63, 3.8) is 0 Å². The lowest BCUT2D eigenvalue weighted by Crippen LogP contribution is -2.16. The lowest BCUT2D eigenvalue weighted by atomic mass is 9.81. The minimum Gasteiger partial charge on any atom is -0.406 e. The molecular weight excluding hydrogens is 368 g/mol. The summed E-state index contributed by atoms with van der Waals surface area (Å²) >= 11 is 0. The highest BCUT2D eigenvalue weighted by Gasteiger charge is 2.30. The van der Waals surface area contributed by atoms with Gasteiger partial charge in [0.2, 0.25) is 0 Å². The van der Waals surface area contributed by atoms with Gasteiger partial charge in [-0.1, -0.05) is 17.9 Å². The standard InChI is InChI=1S/C23H20F4O/c1-2-3-4-17-6-9-18-14-19(22(24)15-20(18)13-17)10-5-16-7-11-21(12-8-16)28-23(25,26)27/h2,7-8,11-12,14-15,17H,1,3-4,6,9,13H2. The molecule has 0 aromatic heterocycles. The highest BCUT2D eigenvalue weighted by Crippen LogP contribution is 2.30. The number of hydrogen-bond acceptors (Lipinski definition) is 1. The van der Waals surface area contributed by atoms with Gasteiger partial charge >= 0.3 is 6.36 Å². The number of benzene rings is 2. The van der Waals surface area contributed by atoms with E-state index in [1.54, 1.807) is 12.1 Å². The number of fused-ring (bicyclic) bond motifs is 1. The molecule has 3 rings (SSSR count). The maximum atomic E-state index is 14.4. The van der Waals surface area contributed by atoms with E-state index >= 15 is 0 Å². The Bertz CT molecular complexity index is 901. The van der Waals surface area contributed by atoms with Crippen LogP contribution in [0.3, 0.4) is 0 Å². The van der Waals surface area contributed by atoms with Crippen LogP contribution in [0.25, 0.3) is 0 Å². The molecule has 0 fully saturated rings. The summed E-state index contributed by atoms with van der Waals surface area (Å²) in [6, 6.07) is 8.56. The largest absolute Gasteiger partial charge is 0.573 e. The fourth-order valence-electron chi connectivity index (χ4n) is 3.43. The van der Waals surface area contributed by atoms with Gasteiger partial charge in [-0.15, -0.1) is 19.8 Å². The van der Waals surface area contributed by atoms with Crippen molar-refractivity contribution in [2.24, 2.45) is 5.92 Å². The Balaban J connectivity index is 1.73. The van der Waals surface area contributed by atoms with Crippen molar-refractivity contribution in [3.8, 4) is 17.6 Å². The number of halogens is 4. The van der Waals surface area contributed by atoms with E-state index in [-0.39, 0.29) is 11.6 Å². The summed E-state index contributed by atoms with van der Waals surface area (Å²) in [5.41, 5.74) is 2.95. The second kappa shape index (κ2) is 8.52. The lowest BCUT2D eigenvalue weighted by molar-refractivity contribution is -0.274. The summed E-state index contributed by atoms with van der Waals surface area (Å²) in [4.78, 5) is 0. The van der Waals surface area contributed by atoms with Crippen LogP contribution in [0.4, 0.5) is 17.6 Å². The highest BCUT2D eigenvalue weighted by molar-refractivity contribution is 5.48. The van der Waals surface area contributed by atoms with Crippen molar-refractivity contribution >= 4 is 0 Å². The summed E-state index contributed by atoms with van der Waals surface area (Å²) in [6.07, 6.45) is 2.06. The molecule has 0 saturated heterocycles. The molecule has 1 aliphatic rings. The molecule has 0 amide bonds. The van der Waals surface area contributed by atoms with Crippen molar-refractivity contribution in [2.75, 3.05) is 0 Å². The lowest BCUT2D eigenvalue weighted by Gasteiger charge is -2.24. The Kier molecular flexibility index (Phi) is 6.08. The van der Waals surface area contributed by atoms with Gasteiger partial charge in [0.05, 0.1) is 5.56 Å². The minimum atomic E-state index is -4.73. The second-order valence-electron chi connectivity index (χ2n) is 6.90. The van der Waals surface area contributed by atoms with Crippen LogP contribution in [-0.2, 0) is 12.8 Å². The maximum Gasteiger partial charge on any atom is 0.573 e. The van der Waals surface area contributed by atoms with Gasteiger partial charge in [-0.2, -0.15) is 0 Å². The molecule has 0 saturated carbocycles. The van der Waals surface area contributed by atoms with Crippen LogP contribution in [0.5, 0.6) is 5.75 Å². The molecule has 1 nitrogen and oxygen atoms in total. The zero-order chi connectivity index (χ0) is 20.1. The zero-order valence-electron chi connectivity index (χ0n) is 15.3. The van der Waals surface area contributed by atoms with Crippen LogP contribution in [-0.4, -0.2) is 6.36 Å². The van der Waals surface area contributed by atoms with Crippen molar-refractivity contribution in [1.29, 1.82) is 0 Å². The van der Waals surface area contributed by atoms with Gasteiger partial charge in [0.1, 0.15) is 11.6 Å². The van der Waals surface area contributed by atoms with Gasteiger partial charge < -0.3 is 4.74 Å². The molecule has 1 unspecified atom stereocenters. The van der Waals surface area contributed by atoms with Crippen molar-refractivity contribution in [3.05, 3.63) is 77.1 Å². The third-order valence-corrected chi connectivity index (χ3v) is 4.83. The number of aryl methyl sites for hydroxylation is 1. The molecule has 146 valence electrons. The molecule has 0 aliphatic heterocycles. The molecule has 0 N–H and O–H groups in total. The van der Waals surface area contributed by atoms with Crippen LogP contribution >= 0.6 is 0 Å². The molecule has 5 heteroatoms. The zero-order valence-corrected chi connectivity index (χ0v) is 15.3. The van der Waals surface area contributed by atoms with Gasteiger partial charge in [-0.3, -0.25) is 0 Å². The SMILES string of the molecule is C=CCCC1CCc2cc(C#Cc3ccc(OC(F)(F)F)cc3)c(F)cc2C1. The Morgan fingerprint density at radius 1 is 1.11 bits per heavy atom. The van der Waals surface area contributed by atoms with Gasteiger partial charge in [0, 0.05) is 5.56 Å². The Hall–Kier alpha value is -2.74. The third-order valence-electron chi connectivity index (χ3n) is 4.83. The Labute approximate surface area is 162 Å². The maximum absolute atomic E-state index is 14.4. The molecule has 2 aromatic carbocycles. The van der Waals surface area contributed by atoms with E-state index in [4.69, 9.17) is 0 Å². The topological polar surface area (TPSA) is 9.23 Å². The average Bonchev–Trinajstić information content (AvgIpc) is 2.64. The normalized spacial score (nSPS) is 15.9. The summed E-state index contributed by atoms with van der Waals surface area (Å²) in [6.45, 7) is 3.75. The molecule has 2 aromatic rings. The molecule has 0 heterocycles. The Morgan fingerprint density at radius 2 is 1.86 bits per heavy atom. The van der Waals surface area contributed by atoms with Crippen LogP contribution in [0.1, 0.15) is 41.5 Å². The fourth-order valence-corrected chi connectivity index (χ4v) is 3.43. The summed E-state index contributed by atoms with van der Waals surface area (Å²) in [5, 5.41) is 0. The van der Waals surface area contributed by atoms with E-state index < -0.39 is 6.36 Å². The minimum absolute atomic E-state index is 0.305. The highest BCUT2D eigenvalue weighted by atomic mass is 19.4. The predicted molar refractivity (Wildman–Crippen MR) is 100 cm³/mol. The number of alkyl halides is 3. The van der Waals surface area contributed by atoms with Crippen LogP contribution in [0, 0.1) is 23.6 Å². The molecule has 1 aliphatic carbocycles. The second-order valence-corrected chi connectivity index (χ2v) is 6.90. The third kappa shape index (κ3) is 5.39. The first-order valence-corrected chi connectivity index (χ1v) is 9.14. The molecule has 0 spiro atoms. The van der Waals surface area contributed by atoms with E-state index in [0.29, 0.717) is 17.0 Å². The average molecular weight is 388 g/mol. The van der Waals surface area contributed by atoms with Crippen LogP contribution in [0.2, 0.25) is 0 Å². The first-order chi connectivity index (χ1) is 13.3. The summed E-state index contributed by atoms with van der Waals surface area (Å²) in [7, 11) is 0. The number of ether oxygens (including phenoxy) is 1. The van der Waals surface area contributed by atoms with Crippen molar-refractivity contribution in [2.45, 2.75) is 38.5 Å². The van der Waals surface area contributed by atoms with Gasteiger partial charge in [0.15, 0.2) is 0 Å². The van der Waals surface area contributed by atoms with Gasteiger partial charge in [-0.05, 0) is 85.5 Å². The van der Waals surface area contributed by atoms with Crippen LogP contribution < -0.4 is 4.74 Å². The van der Waals surface area contributed by atoms with E-state index in [1.165, 1.54) is 24.3 Å². The van der Waals surface area contributed by atoms with E-state index in [2.05, 4.69) is 23.2 Å². The van der Waals surface area contributed by atoms with Crippen LogP contribution in [0.15, 0.2) is 49.1 Å². The summed E-state index contributed by atoms with van der Waals surface area (Å²) in [5.74, 6) is 5.46. The first-order valence-electron chi connectivity index (χ1n) is 9.14. The molecular formula is C23H20F4O. The fraction of sp³-hybridized carbons (Fsp3) is 0.304. The van der Waals surface area contributed by atoms with E-state index in [0.717, 1.165) is 43.2 Å². The van der Waals surface area contributed by atoms with E-state index in [9.17, 15) is 17.6 Å². The smallest absolute Gasteiger partial charge is 0.406 e. The van der Waals surface area contributed by atoms with Gasteiger partial charge in [0.25, 0.3) is 0 Å². The molecule has 28 heavy (non-hydrogen) atoms. The monoisotopic (exact) mass is 388 g/mol. The van der Waals surface area contributed by atoms with Crippen molar-refractivity contribution < 1.29 is 22.3 Å². The molecule has 0 radical (unpaired) electrons. The van der Waals surface area contributed by atoms with Crippen molar-refractivity contribution in [1.82, 2.24) is 0 Å². The van der Waals surface area contributed by atoms with Gasteiger partial charge in [-0.25, -0.2) is 4.39 Å². The Morgan fingerprint density at radius 3 is 2.54 bits per heavy atom. The summed E-state index contributed by atoms with van der Waals surface area (Å²) < 4.78 is 54.8.